The standard InChI is InChI=1S/C23H28N2OS/c26-23(25-14-15-27-18-22(25)17-24-12-4-5-13-24)16-19-8-10-21(11-9-19)20-6-2-1-3-7-20/h1-3,6-11,22H,4-5,12-18H2. The van der Waals surface area contributed by atoms with Crippen molar-refractivity contribution in [3.63, 3.8) is 0 Å². The highest BCUT2D eigenvalue weighted by molar-refractivity contribution is 7.99. The topological polar surface area (TPSA) is 23.6 Å². The minimum absolute atomic E-state index is 0.284. The average Bonchev–Trinajstić information content (AvgIpc) is 3.23. The number of nitrogens with zero attached hydrogens (tertiary/aromatic N) is 2. The van der Waals surface area contributed by atoms with Gasteiger partial charge in [0.2, 0.25) is 5.91 Å². The number of amides is 1. The Balaban J connectivity index is 1.39. The summed E-state index contributed by atoms with van der Waals surface area (Å²) in [5, 5.41) is 0. The van der Waals surface area contributed by atoms with Gasteiger partial charge in [0.25, 0.3) is 0 Å². The van der Waals surface area contributed by atoms with Gasteiger partial charge in [-0.1, -0.05) is 54.6 Å². The summed E-state index contributed by atoms with van der Waals surface area (Å²) in [6.07, 6.45) is 3.12. The van der Waals surface area contributed by atoms with E-state index in [1.54, 1.807) is 0 Å². The minimum Gasteiger partial charge on any atom is -0.336 e. The van der Waals surface area contributed by atoms with Gasteiger partial charge >= 0.3 is 0 Å². The van der Waals surface area contributed by atoms with E-state index in [-0.39, 0.29) is 5.91 Å². The van der Waals surface area contributed by atoms with Crippen LogP contribution < -0.4 is 0 Å². The van der Waals surface area contributed by atoms with E-state index in [0.29, 0.717) is 12.5 Å². The number of hydrogen-bond acceptors (Lipinski definition) is 3. The third-order valence-corrected chi connectivity index (χ3v) is 6.72. The molecular formula is C23H28N2OS. The maximum Gasteiger partial charge on any atom is 0.227 e. The molecule has 2 aliphatic heterocycles. The van der Waals surface area contributed by atoms with Crippen LogP contribution in [0.15, 0.2) is 54.6 Å². The Labute approximate surface area is 166 Å². The van der Waals surface area contributed by atoms with Crippen LogP contribution in [0.2, 0.25) is 0 Å². The van der Waals surface area contributed by atoms with Crippen LogP contribution in [0.1, 0.15) is 18.4 Å². The summed E-state index contributed by atoms with van der Waals surface area (Å²) in [7, 11) is 0. The van der Waals surface area contributed by atoms with Crippen molar-refractivity contribution in [2.24, 2.45) is 0 Å². The normalized spacial score (nSPS) is 20.7. The molecule has 2 aromatic carbocycles. The van der Waals surface area contributed by atoms with Crippen molar-refractivity contribution in [2.45, 2.75) is 25.3 Å². The Bertz CT molecular complexity index is 741. The smallest absolute Gasteiger partial charge is 0.227 e. The van der Waals surface area contributed by atoms with Crippen molar-refractivity contribution in [1.82, 2.24) is 9.80 Å². The Kier molecular flexibility index (Phi) is 6.15. The zero-order valence-corrected chi connectivity index (χ0v) is 16.7. The number of carbonyl (C=O) groups is 1. The molecule has 0 aliphatic carbocycles. The Morgan fingerprint density at radius 3 is 2.37 bits per heavy atom. The van der Waals surface area contributed by atoms with Gasteiger partial charge < -0.3 is 9.80 Å². The summed E-state index contributed by atoms with van der Waals surface area (Å²) in [6, 6.07) is 19.2. The average molecular weight is 381 g/mol. The number of hydrogen-bond donors (Lipinski definition) is 0. The van der Waals surface area contributed by atoms with Crippen LogP contribution in [0, 0.1) is 0 Å². The fraction of sp³-hybridized carbons (Fsp3) is 0.435. The molecule has 0 radical (unpaired) electrons. The summed E-state index contributed by atoms with van der Waals surface area (Å²) in [5.41, 5.74) is 3.53. The second-order valence-electron chi connectivity index (χ2n) is 7.56. The van der Waals surface area contributed by atoms with E-state index in [4.69, 9.17) is 0 Å². The first-order chi connectivity index (χ1) is 13.3. The number of benzene rings is 2. The minimum atomic E-state index is 0.284. The molecular weight excluding hydrogens is 352 g/mol. The highest BCUT2D eigenvalue weighted by atomic mass is 32.2. The lowest BCUT2D eigenvalue weighted by molar-refractivity contribution is -0.132. The maximum absolute atomic E-state index is 13.0. The first-order valence-electron chi connectivity index (χ1n) is 10.0. The van der Waals surface area contributed by atoms with E-state index >= 15 is 0 Å². The molecule has 0 saturated carbocycles. The molecule has 2 fully saturated rings. The third-order valence-electron chi connectivity index (χ3n) is 5.63. The van der Waals surface area contributed by atoms with Crippen LogP contribution in [0.3, 0.4) is 0 Å². The van der Waals surface area contributed by atoms with Gasteiger partial charge in [0.1, 0.15) is 0 Å². The van der Waals surface area contributed by atoms with Crippen LogP contribution in [0.5, 0.6) is 0 Å². The van der Waals surface area contributed by atoms with Crippen molar-refractivity contribution in [3.05, 3.63) is 60.2 Å². The summed E-state index contributed by atoms with van der Waals surface area (Å²) in [4.78, 5) is 17.7. The van der Waals surface area contributed by atoms with Gasteiger partial charge in [-0.3, -0.25) is 4.79 Å². The fourth-order valence-electron chi connectivity index (χ4n) is 4.12. The number of likely N-dealkylation sites (tertiary alicyclic amines) is 1. The monoisotopic (exact) mass is 380 g/mol. The van der Waals surface area contributed by atoms with Gasteiger partial charge in [0, 0.05) is 24.6 Å². The highest BCUT2D eigenvalue weighted by Crippen LogP contribution is 2.22. The molecule has 142 valence electrons. The molecule has 1 amide bonds. The number of carbonyl (C=O) groups excluding carboxylic acids is 1. The lowest BCUT2D eigenvalue weighted by Crippen LogP contribution is -2.51. The first kappa shape index (κ1) is 18.6. The van der Waals surface area contributed by atoms with Gasteiger partial charge in [0.05, 0.1) is 12.5 Å². The van der Waals surface area contributed by atoms with Crippen LogP contribution in [0.25, 0.3) is 11.1 Å². The summed E-state index contributed by atoms with van der Waals surface area (Å²) >= 11 is 1.99. The molecule has 2 heterocycles. The summed E-state index contributed by atoms with van der Waals surface area (Å²) in [5.74, 6) is 2.43. The molecule has 3 nitrogen and oxygen atoms in total. The zero-order valence-electron chi connectivity index (χ0n) is 15.8. The third kappa shape index (κ3) is 4.74. The van der Waals surface area contributed by atoms with Crippen LogP contribution in [0.4, 0.5) is 0 Å². The largest absolute Gasteiger partial charge is 0.336 e. The second-order valence-corrected chi connectivity index (χ2v) is 8.71. The molecule has 2 saturated heterocycles. The van der Waals surface area contributed by atoms with Crippen molar-refractivity contribution in [1.29, 1.82) is 0 Å². The molecule has 0 spiro atoms. The Hall–Kier alpha value is -1.78. The molecule has 0 N–H and O–H groups in total. The van der Waals surface area contributed by atoms with E-state index in [1.807, 2.05) is 17.8 Å². The molecule has 1 atom stereocenters. The molecule has 4 heteroatoms. The van der Waals surface area contributed by atoms with E-state index < -0.39 is 0 Å². The van der Waals surface area contributed by atoms with Gasteiger partial charge in [-0.2, -0.15) is 11.8 Å². The SMILES string of the molecule is O=C(Cc1ccc(-c2ccccc2)cc1)N1CCSCC1CN1CCCC1. The highest BCUT2D eigenvalue weighted by Gasteiger charge is 2.29. The molecule has 0 bridgehead atoms. The Morgan fingerprint density at radius 2 is 1.63 bits per heavy atom. The summed E-state index contributed by atoms with van der Waals surface area (Å²) in [6.45, 7) is 4.34. The second kappa shape index (κ2) is 8.94. The fourth-order valence-corrected chi connectivity index (χ4v) is 5.17. The first-order valence-corrected chi connectivity index (χ1v) is 11.2. The van der Waals surface area contributed by atoms with Gasteiger partial charge in [-0.15, -0.1) is 0 Å². The summed E-state index contributed by atoms with van der Waals surface area (Å²) < 4.78 is 0. The van der Waals surface area contributed by atoms with Gasteiger partial charge in [-0.05, 0) is 42.6 Å². The molecule has 2 aromatic rings. The lowest BCUT2D eigenvalue weighted by atomic mass is 10.0. The van der Waals surface area contributed by atoms with Gasteiger partial charge in [0.15, 0.2) is 0 Å². The molecule has 4 rings (SSSR count). The lowest BCUT2D eigenvalue weighted by Gasteiger charge is -2.37. The van der Waals surface area contributed by atoms with Crippen molar-refractivity contribution in [2.75, 3.05) is 37.7 Å². The van der Waals surface area contributed by atoms with Crippen LogP contribution in [-0.2, 0) is 11.2 Å². The molecule has 1 unspecified atom stereocenters. The van der Waals surface area contributed by atoms with E-state index in [1.165, 1.54) is 37.1 Å². The van der Waals surface area contributed by atoms with Crippen LogP contribution >= 0.6 is 11.8 Å². The molecule has 2 aliphatic rings. The number of thioether (sulfide) groups is 1. The predicted molar refractivity (Wildman–Crippen MR) is 114 cm³/mol. The predicted octanol–water partition coefficient (Wildman–Crippen LogP) is 3.94. The maximum atomic E-state index is 13.0. The quantitative estimate of drug-likeness (QED) is 0.785. The van der Waals surface area contributed by atoms with Gasteiger partial charge in [-0.25, -0.2) is 0 Å². The number of rotatable bonds is 5. The Morgan fingerprint density at radius 1 is 0.926 bits per heavy atom. The van der Waals surface area contributed by atoms with Crippen LogP contribution in [-0.4, -0.2) is 59.4 Å². The van der Waals surface area contributed by atoms with Crippen molar-refractivity contribution < 1.29 is 4.79 Å². The van der Waals surface area contributed by atoms with Crippen molar-refractivity contribution in [3.8, 4) is 11.1 Å². The van der Waals surface area contributed by atoms with Crippen molar-refractivity contribution >= 4 is 17.7 Å². The van der Waals surface area contributed by atoms with E-state index in [0.717, 1.165) is 30.2 Å². The van der Waals surface area contributed by atoms with E-state index in [9.17, 15) is 4.79 Å². The molecule has 0 aromatic heterocycles. The molecule has 27 heavy (non-hydrogen) atoms. The zero-order chi connectivity index (χ0) is 18.5. The van der Waals surface area contributed by atoms with E-state index in [2.05, 4.69) is 58.3 Å².